The van der Waals surface area contributed by atoms with E-state index in [1.54, 1.807) is 6.07 Å². The predicted molar refractivity (Wildman–Crippen MR) is 98.9 cm³/mol. The lowest BCUT2D eigenvalue weighted by atomic mass is 10.1. The summed E-state index contributed by atoms with van der Waals surface area (Å²) in [4.78, 5) is 37.3. The molecule has 0 saturated carbocycles. The molecule has 1 heterocycles. The van der Waals surface area contributed by atoms with E-state index in [1.807, 2.05) is 26.0 Å². The van der Waals surface area contributed by atoms with Crippen LogP contribution in [-0.4, -0.2) is 20.3 Å². The zero-order valence-corrected chi connectivity index (χ0v) is 15.0. The van der Waals surface area contributed by atoms with E-state index in [-0.39, 0.29) is 5.69 Å². The smallest absolute Gasteiger partial charge is 0.320 e. The zero-order valence-electron chi connectivity index (χ0n) is 15.0. The van der Waals surface area contributed by atoms with Crippen LogP contribution in [0.3, 0.4) is 0 Å². The van der Waals surface area contributed by atoms with E-state index < -0.39 is 28.7 Å². The minimum absolute atomic E-state index is 0.234. The second kappa shape index (κ2) is 6.99. The summed E-state index contributed by atoms with van der Waals surface area (Å²) in [6.45, 7) is 3.75. The molecule has 0 aliphatic carbocycles. The van der Waals surface area contributed by atoms with Crippen LogP contribution in [0.25, 0.3) is 5.69 Å². The van der Waals surface area contributed by atoms with Crippen LogP contribution in [0.5, 0.6) is 0 Å². The van der Waals surface area contributed by atoms with Crippen molar-refractivity contribution in [2.24, 2.45) is 7.05 Å². The summed E-state index contributed by atoms with van der Waals surface area (Å²) < 4.78 is 14.8. The third-order valence-electron chi connectivity index (χ3n) is 4.09. The molecule has 138 valence electrons. The van der Waals surface area contributed by atoms with Crippen LogP contribution in [0.15, 0.2) is 52.1 Å². The van der Waals surface area contributed by atoms with Crippen molar-refractivity contribution in [2.75, 3.05) is 5.32 Å². The molecule has 1 amide bonds. The molecule has 0 spiro atoms. The van der Waals surface area contributed by atoms with E-state index in [0.29, 0.717) is 5.69 Å². The number of carbonyl (C=O) groups is 1. The van der Waals surface area contributed by atoms with Gasteiger partial charge in [-0.3, -0.25) is 14.2 Å². The van der Waals surface area contributed by atoms with Gasteiger partial charge < -0.3 is 5.32 Å². The van der Waals surface area contributed by atoms with Crippen LogP contribution in [0.4, 0.5) is 10.1 Å². The molecule has 0 bridgehead atoms. The van der Waals surface area contributed by atoms with Gasteiger partial charge in [-0.15, -0.1) is 0 Å². The average molecular weight is 368 g/mol. The molecule has 0 unspecified atom stereocenters. The maximum absolute atomic E-state index is 13.1. The fraction of sp³-hybridized carbons (Fsp3) is 0.158. The van der Waals surface area contributed by atoms with E-state index in [9.17, 15) is 18.8 Å². The molecule has 1 aromatic heterocycles. The van der Waals surface area contributed by atoms with Gasteiger partial charge in [0.2, 0.25) is 5.69 Å². The van der Waals surface area contributed by atoms with Crippen molar-refractivity contribution in [1.82, 2.24) is 14.3 Å². The molecule has 3 rings (SSSR count). The largest absolute Gasteiger partial charge is 0.351 e. The summed E-state index contributed by atoms with van der Waals surface area (Å²) in [7, 11) is 1.25. The number of hydrogen-bond donors (Lipinski definition) is 1. The van der Waals surface area contributed by atoms with Gasteiger partial charge in [-0.05, 0) is 49.7 Å². The van der Waals surface area contributed by atoms with Crippen molar-refractivity contribution in [3.63, 3.8) is 0 Å². The molecule has 0 saturated heterocycles. The Morgan fingerprint density at radius 3 is 2.37 bits per heavy atom. The van der Waals surface area contributed by atoms with Crippen molar-refractivity contribution < 1.29 is 9.18 Å². The summed E-state index contributed by atoms with van der Waals surface area (Å²) >= 11 is 0. The second-order valence-corrected chi connectivity index (χ2v) is 6.16. The number of nitrogens with one attached hydrogen (secondary N) is 1. The molecule has 0 radical (unpaired) electrons. The van der Waals surface area contributed by atoms with Crippen LogP contribution in [0.1, 0.15) is 21.6 Å². The summed E-state index contributed by atoms with van der Waals surface area (Å²) in [5.74, 6) is -1.22. The molecular formula is C19H17FN4O3. The van der Waals surface area contributed by atoms with Crippen molar-refractivity contribution in [3.8, 4) is 5.69 Å². The number of carbonyl (C=O) groups excluding carboxylic acids is 1. The fourth-order valence-corrected chi connectivity index (χ4v) is 2.60. The third kappa shape index (κ3) is 3.55. The number of amides is 1. The molecule has 1 N–H and O–H groups in total. The summed E-state index contributed by atoms with van der Waals surface area (Å²) in [5.41, 5.74) is 0.625. The van der Waals surface area contributed by atoms with E-state index >= 15 is 0 Å². The van der Waals surface area contributed by atoms with Gasteiger partial charge in [-0.1, -0.05) is 17.7 Å². The summed E-state index contributed by atoms with van der Waals surface area (Å²) in [6, 6.07) is 10.4. The number of aryl methyl sites for hydroxylation is 2. The van der Waals surface area contributed by atoms with Crippen molar-refractivity contribution in [3.05, 3.63) is 85.9 Å². The standard InChI is InChI=1S/C19H17FN4O3/c1-11-4-9-15(12(2)10-11)21-17(25)16-18(26)23(3)19(27)24(22-16)14-7-5-13(20)6-8-14/h4-10H,1-3H3,(H,21,25). The maximum atomic E-state index is 13.1. The summed E-state index contributed by atoms with van der Waals surface area (Å²) in [6.07, 6.45) is 0. The number of halogens is 1. The first-order valence-corrected chi connectivity index (χ1v) is 8.13. The second-order valence-electron chi connectivity index (χ2n) is 6.16. The van der Waals surface area contributed by atoms with Gasteiger partial charge in [-0.2, -0.15) is 9.78 Å². The molecule has 2 aromatic carbocycles. The van der Waals surface area contributed by atoms with Gasteiger partial charge >= 0.3 is 5.69 Å². The van der Waals surface area contributed by atoms with Gasteiger partial charge in [0.1, 0.15) is 5.82 Å². The van der Waals surface area contributed by atoms with E-state index in [1.165, 1.54) is 19.2 Å². The van der Waals surface area contributed by atoms with Crippen LogP contribution in [0, 0.1) is 19.7 Å². The minimum Gasteiger partial charge on any atom is -0.320 e. The zero-order chi connectivity index (χ0) is 19.7. The SMILES string of the molecule is Cc1ccc(NC(=O)c2nn(-c3ccc(F)cc3)c(=O)n(C)c2=O)c(C)c1. The highest BCUT2D eigenvalue weighted by molar-refractivity contribution is 6.02. The maximum Gasteiger partial charge on any atom is 0.351 e. The Hall–Kier alpha value is -3.55. The highest BCUT2D eigenvalue weighted by atomic mass is 19.1. The lowest BCUT2D eigenvalue weighted by Gasteiger charge is -2.11. The number of nitrogens with zero attached hydrogens (tertiary/aromatic N) is 3. The molecule has 8 heteroatoms. The Kier molecular flexibility index (Phi) is 4.72. The third-order valence-corrected chi connectivity index (χ3v) is 4.09. The number of rotatable bonds is 3. The number of hydrogen-bond acceptors (Lipinski definition) is 4. The Morgan fingerprint density at radius 1 is 1.07 bits per heavy atom. The highest BCUT2D eigenvalue weighted by Gasteiger charge is 2.19. The highest BCUT2D eigenvalue weighted by Crippen LogP contribution is 2.16. The van der Waals surface area contributed by atoms with E-state index in [4.69, 9.17) is 0 Å². The molecule has 7 nitrogen and oxygen atoms in total. The number of benzene rings is 2. The first kappa shape index (κ1) is 18.2. The lowest BCUT2D eigenvalue weighted by molar-refractivity contribution is 0.101. The van der Waals surface area contributed by atoms with Crippen molar-refractivity contribution in [1.29, 1.82) is 0 Å². The van der Waals surface area contributed by atoms with Gasteiger partial charge in [-0.25, -0.2) is 9.18 Å². The van der Waals surface area contributed by atoms with E-state index in [2.05, 4.69) is 10.4 Å². The van der Waals surface area contributed by atoms with Crippen molar-refractivity contribution >= 4 is 11.6 Å². The average Bonchev–Trinajstić information content (AvgIpc) is 2.63. The van der Waals surface area contributed by atoms with Crippen LogP contribution in [-0.2, 0) is 7.05 Å². The molecule has 0 atom stereocenters. The number of aromatic nitrogens is 3. The topological polar surface area (TPSA) is 86.0 Å². The van der Waals surface area contributed by atoms with Gasteiger partial charge in [0, 0.05) is 12.7 Å². The number of anilines is 1. The quantitative estimate of drug-likeness (QED) is 0.766. The molecule has 3 aromatic rings. The molecular weight excluding hydrogens is 351 g/mol. The first-order chi connectivity index (χ1) is 12.8. The predicted octanol–water partition coefficient (Wildman–Crippen LogP) is 1.94. The molecule has 0 fully saturated rings. The van der Waals surface area contributed by atoms with Crippen LogP contribution in [0.2, 0.25) is 0 Å². The van der Waals surface area contributed by atoms with Crippen LogP contribution < -0.4 is 16.6 Å². The first-order valence-electron chi connectivity index (χ1n) is 8.13. The summed E-state index contributed by atoms with van der Waals surface area (Å²) in [5, 5.41) is 6.55. The monoisotopic (exact) mass is 368 g/mol. The Morgan fingerprint density at radius 2 is 1.74 bits per heavy atom. The van der Waals surface area contributed by atoms with Crippen molar-refractivity contribution in [2.45, 2.75) is 13.8 Å². The lowest BCUT2D eigenvalue weighted by Crippen LogP contribution is -2.43. The Balaban J connectivity index is 2.07. The van der Waals surface area contributed by atoms with Gasteiger partial charge in [0.05, 0.1) is 5.69 Å². The normalized spacial score (nSPS) is 10.7. The van der Waals surface area contributed by atoms with E-state index in [0.717, 1.165) is 32.5 Å². The molecule has 0 aliphatic rings. The minimum atomic E-state index is -0.819. The van der Waals surface area contributed by atoms with Crippen LogP contribution >= 0.6 is 0 Å². The molecule has 0 aliphatic heterocycles. The Bertz CT molecular complexity index is 1150. The fourth-order valence-electron chi connectivity index (χ4n) is 2.60. The van der Waals surface area contributed by atoms with Gasteiger partial charge in [0.15, 0.2) is 0 Å². The van der Waals surface area contributed by atoms with Gasteiger partial charge in [0.25, 0.3) is 11.5 Å². The molecule has 27 heavy (non-hydrogen) atoms. The Labute approximate surface area is 153 Å².